The lowest BCUT2D eigenvalue weighted by molar-refractivity contribution is 0.0740. The summed E-state index contributed by atoms with van der Waals surface area (Å²) < 4.78 is 0. The van der Waals surface area contributed by atoms with Crippen LogP contribution in [0.5, 0.6) is 0 Å². The number of rotatable bonds is 5. The topological polar surface area (TPSA) is 102 Å². The van der Waals surface area contributed by atoms with Crippen molar-refractivity contribution < 1.29 is 9.90 Å². The van der Waals surface area contributed by atoms with Crippen LogP contribution >= 0.6 is 0 Å². The molecule has 2 aromatic heterocycles. The standard InChI is InChI=1S/C19H26N8O2/c28-14-13-24-5-7-25(8-6-24)17-1-2-18(23-22-17)26-9-11-27(12-10-26)19(29)16-15-20-3-4-21-16/h1-4,15,28H,5-14H2. The van der Waals surface area contributed by atoms with Crippen LogP contribution in [0.25, 0.3) is 0 Å². The van der Waals surface area contributed by atoms with E-state index in [0.717, 1.165) is 44.4 Å². The molecule has 29 heavy (non-hydrogen) atoms. The Bertz CT molecular complexity index is 788. The third kappa shape index (κ3) is 4.60. The number of carbonyl (C=O) groups is 1. The van der Waals surface area contributed by atoms with E-state index in [1.807, 2.05) is 12.1 Å². The number of anilines is 2. The van der Waals surface area contributed by atoms with Crippen LogP contribution in [-0.4, -0.2) is 106 Å². The predicted molar refractivity (Wildman–Crippen MR) is 108 cm³/mol. The molecule has 0 saturated carbocycles. The number of piperazine rings is 2. The van der Waals surface area contributed by atoms with Crippen LogP contribution in [0.15, 0.2) is 30.7 Å². The molecular weight excluding hydrogens is 372 g/mol. The number of β-amino-alcohol motifs (C(OH)–C–C–N with tert-alkyl or cyclic N) is 1. The van der Waals surface area contributed by atoms with Gasteiger partial charge in [0, 0.05) is 71.3 Å². The van der Waals surface area contributed by atoms with Gasteiger partial charge in [-0.15, -0.1) is 10.2 Å². The highest BCUT2D eigenvalue weighted by Crippen LogP contribution is 2.18. The van der Waals surface area contributed by atoms with Gasteiger partial charge in [0.2, 0.25) is 0 Å². The Kier molecular flexibility index (Phi) is 6.11. The highest BCUT2D eigenvalue weighted by atomic mass is 16.3. The Balaban J connectivity index is 1.30. The molecule has 4 rings (SSSR count). The quantitative estimate of drug-likeness (QED) is 0.703. The summed E-state index contributed by atoms with van der Waals surface area (Å²) in [5, 5.41) is 17.9. The first-order valence-electron chi connectivity index (χ1n) is 9.97. The number of hydrogen-bond donors (Lipinski definition) is 1. The minimum atomic E-state index is -0.0838. The summed E-state index contributed by atoms with van der Waals surface area (Å²) in [6.07, 6.45) is 4.60. The number of aliphatic hydroxyl groups is 1. The lowest BCUT2D eigenvalue weighted by atomic mass is 10.2. The van der Waals surface area contributed by atoms with Gasteiger partial charge in [0.1, 0.15) is 5.69 Å². The van der Waals surface area contributed by atoms with Gasteiger partial charge in [-0.05, 0) is 12.1 Å². The molecule has 10 heteroatoms. The van der Waals surface area contributed by atoms with Crippen LogP contribution in [0.2, 0.25) is 0 Å². The molecular formula is C19H26N8O2. The van der Waals surface area contributed by atoms with Gasteiger partial charge in [-0.1, -0.05) is 0 Å². The zero-order valence-corrected chi connectivity index (χ0v) is 16.4. The molecule has 2 aliphatic rings. The van der Waals surface area contributed by atoms with Crippen LogP contribution in [0.3, 0.4) is 0 Å². The fourth-order valence-corrected chi connectivity index (χ4v) is 3.71. The molecule has 0 atom stereocenters. The Morgan fingerprint density at radius 1 is 0.897 bits per heavy atom. The zero-order valence-electron chi connectivity index (χ0n) is 16.4. The summed E-state index contributed by atoms with van der Waals surface area (Å²) in [5.74, 6) is 1.63. The predicted octanol–water partition coefficient (Wildman–Crippen LogP) is -0.657. The maximum absolute atomic E-state index is 12.5. The second-order valence-electron chi connectivity index (χ2n) is 7.17. The highest BCUT2D eigenvalue weighted by Gasteiger charge is 2.24. The fourth-order valence-electron chi connectivity index (χ4n) is 3.71. The second kappa shape index (κ2) is 9.10. The lowest BCUT2D eigenvalue weighted by Gasteiger charge is -2.36. The molecule has 0 bridgehead atoms. The van der Waals surface area contributed by atoms with Gasteiger partial charge in [0.15, 0.2) is 11.6 Å². The van der Waals surface area contributed by atoms with Crippen molar-refractivity contribution in [3.8, 4) is 0 Å². The monoisotopic (exact) mass is 398 g/mol. The Morgan fingerprint density at radius 3 is 2.03 bits per heavy atom. The summed E-state index contributed by atoms with van der Waals surface area (Å²) in [5.41, 5.74) is 0.379. The Morgan fingerprint density at radius 2 is 1.52 bits per heavy atom. The number of nitrogens with zero attached hydrogens (tertiary/aromatic N) is 8. The maximum Gasteiger partial charge on any atom is 0.274 e. The van der Waals surface area contributed by atoms with Crippen molar-refractivity contribution in [2.75, 3.05) is 75.3 Å². The highest BCUT2D eigenvalue weighted by molar-refractivity contribution is 5.92. The van der Waals surface area contributed by atoms with Crippen molar-refractivity contribution in [3.05, 3.63) is 36.4 Å². The Labute approximate surface area is 169 Å². The van der Waals surface area contributed by atoms with Gasteiger partial charge in [-0.2, -0.15) is 0 Å². The lowest BCUT2D eigenvalue weighted by Crippen LogP contribution is -2.49. The van der Waals surface area contributed by atoms with Crippen molar-refractivity contribution in [1.29, 1.82) is 0 Å². The molecule has 0 radical (unpaired) electrons. The second-order valence-corrected chi connectivity index (χ2v) is 7.17. The van der Waals surface area contributed by atoms with Gasteiger partial charge in [0.25, 0.3) is 5.91 Å². The Hall–Kier alpha value is -2.85. The first-order chi connectivity index (χ1) is 14.2. The summed E-state index contributed by atoms with van der Waals surface area (Å²) in [6, 6.07) is 4.02. The van der Waals surface area contributed by atoms with Gasteiger partial charge in [-0.3, -0.25) is 14.7 Å². The SMILES string of the molecule is O=C(c1cnccn1)N1CCN(c2ccc(N3CCN(CCO)CC3)nn2)CC1. The number of carbonyl (C=O) groups excluding carboxylic acids is 1. The van der Waals surface area contributed by atoms with Crippen molar-refractivity contribution in [3.63, 3.8) is 0 Å². The largest absolute Gasteiger partial charge is 0.395 e. The molecule has 0 aromatic carbocycles. The van der Waals surface area contributed by atoms with E-state index in [-0.39, 0.29) is 12.5 Å². The average molecular weight is 398 g/mol. The van der Waals surface area contributed by atoms with Crippen molar-refractivity contribution in [2.45, 2.75) is 0 Å². The van der Waals surface area contributed by atoms with E-state index in [0.29, 0.717) is 31.9 Å². The molecule has 2 fully saturated rings. The van der Waals surface area contributed by atoms with E-state index >= 15 is 0 Å². The number of hydrogen-bond acceptors (Lipinski definition) is 9. The summed E-state index contributed by atoms with van der Waals surface area (Å²) >= 11 is 0. The molecule has 154 valence electrons. The number of aromatic nitrogens is 4. The van der Waals surface area contributed by atoms with E-state index in [1.165, 1.54) is 12.4 Å². The molecule has 2 saturated heterocycles. The van der Waals surface area contributed by atoms with Crippen LogP contribution < -0.4 is 9.80 Å². The van der Waals surface area contributed by atoms with E-state index in [4.69, 9.17) is 5.11 Å². The summed E-state index contributed by atoms with van der Waals surface area (Å²) in [4.78, 5) is 29.0. The fraction of sp³-hybridized carbons (Fsp3) is 0.526. The summed E-state index contributed by atoms with van der Waals surface area (Å²) in [7, 11) is 0. The molecule has 2 aliphatic heterocycles. The van der Waals surface area contributed by atoms with Crippen molar-refractivity contribution >= 4 is 17.5 Å². The minimum Gasteiger partial charge on any atom is -0.395 e. The molecule has 0 unspecified atom stereocenters. The molecule has 1 N–H and O–H groups in total. The molecule has 0 aliphatic carbocycles. The first kappa shape index (κ1) is 19.5. The average Bonchev–Trinajstić information content (AvgIpc) is 2.80. The normalized spacial score (nSPS) is 18.2. The molecule has 4 heterocycles. The zero-order chi connectivity index (χ0) is 20.1. The van der Waals surface area contributed by atoms with E-state index < -0.39 is 0 Å². The number of amides is 1. The third-order valence-corrected chi connectivity index (χ3v) is 5.42. The smallest absolute Gasteiger partial charge is 0.274 e. The molecule has 10 nitrogen and oxygen atoms in total. The minimum absolute atomic E-state index is 0.0838. The summed E-state index contributed by atoms with van der Waals surface area (Å²) in [6.45, 7) is 7.19. The van der Waals surface area contributed by atoms with Crippen molar-refractivity contribution in [2.24, 2.45) is 0 Å². The van der Waals surface area contributed by atoms with Crippen LogP contribution in [0, 0.1) is 0 Å². The molecule has 2 aromatic rings. The van der Waals surface area contributed by atoms with E-state index in [9.17, 15) is 4.79 Å². The van der Waals surface area contributed by atoms with Gasteiger partial charge < -0.3 is 19.8 Å². The van der Waals surface area contributed by atoms with Crippen LogP contribution in [0.4, 0.5) is 11.6 Å². The van der Waals surface area contributed by atoms with Gasteiger partial charge in [0.05, 0.1) is 12.8 Å². The van der Waals surface area contributed by atoms with Crippen molar-refractivity contribution in [1.82, 2.24) is 30.0 Å². The molecule has 1 amide bonds. The van der Waals surface area contributed by atoms with Crippen LogP contribution in [0.1, 0.15) is 10.5 Å². The number of aliphatic hydroxyl groups excluding tert-OH is 1. The van der Waals surface area contributed by atoms with Crippen LogP contribution in [-0.2, 0) is 0 Å². The molecule has 0 spiro atoms. The first-order valence-corrected chi connectivity index (χ1v) is 9.97. The third-order valence-electron chi connectivity index (χ3n) is 5.42. The van der Waals surface area contributed by atoms with E-state index in [2.05, 4.69) is 34.9 Å². The van der Waals surface area contributed by atoms with Gasteiger partial charge in [-0.25, -0.2) is 4.98 Å². The van der Waals surface area contributed by atoms with Gasteiger partial charge >= 0.3 is 0 Å². The maximum atomic E-state index is 12.5. The van der Waals surface area contributed by atoms with E-state index in [1.54, 1.807) is 11.1 Å².